The van der Waals surface area contributed by atoms with Crippen molar-refractivity contribution in [3.05, 3.63) is 35.4 Å². The highest BCUT2D eigenvalue weighted by Gasteiger charge is 2.03. The molecule has 0 aliphatic carbocycles. The number of nitrogens with one attached hydrogen (secondary N) is 2. The molecule has 0 fully saturated rings. The Labute approximate surface area is 100 Å². The zero-order valence-corrected chi connectivity index (χ0v) is 9.82. The molecule has 1 rings (SSSR count). The van der Waals surface area contributed by atoms with Crippen molar-refractivity contribution >= 4 is 11.8 Å². The first-order chi connectivity index (χ1) is 8.11. The fourth-order valence-electron chi connectivity index (χ4n) is 1.34. The first-order valence-corrected chi connectivity index (χ1v) is 5.41. The summed E-state index contributed by atoms with van der Waals surface area (Å²) in [5.74, 6) is -0.566. The van der Waals surface area contributed by atoms with Crippen molar-refractivity contribution in [3.8, 4) is 0 Å². The van der Waals surface area contributed by atoms with Gasteiger partial charge < -0.3 is 16.4 Å². The third-order valence-corrected chi connectivity index (χ3v) is 2.20. The first kappa shape index (κ1) is 13.2. The maximum atomic E-state index is 11.4. The quantitative estimate of drug-likeness (QED) is 0.654. The summed E-state index contributed by atoms with van der Waals surface area (Å²) < 4.78 is 0. The van der Waals surface area contributed by atoms with E-state index in [1.807, 2.05) is 31.2 Å². The minimum Gasteiger partial charge on any atom is -0.350 e. The Hall–Kier alpha value is -1.88. The van der Waals surface area contributed by atoms with Crippen molar-refractivity contribution < 1.29 is 9.59 Å². The summed E-state index contributed by atoms with van der Waals surface area (Å²) in [4.78, 5) is 22.2. The summed E-state index contributed by atoms with van der Waals surface area (Å²) in [5, 5.41) is 5.11. The molecule has 5 nitrogen and oxygen atoms in total. The number of nitrogens with two attached hydrogens (primary N) is 1. The van der Waals surface area contributed by atoms with E-state index in [1.54, 1.807) is 0 Å². The summed E-state index contributed by atoms with van der Waals surface area (Å²) in [6.45, 7) is 2.30. The van der Waals surface area contributed by atoms with E-state index in [2.05, 4.69) is 10.6 Å². The van der Waals surface area contributed by atoms with Crippen LogP contribution in [-0.4, -0.2) is 24.9 Å². The Balaban J connectivity index is 2.31. The minimum absolute atomic E-state index is 0.0398. The standard InChI is InChI=1S/C12H17N3O2/c1-9-3-2-4-10(5-9)7-14-12(17)8-15-11(16)6-13/h2-5H,6-8,13H2,1H3,(H,14,17)(H,15,16). The van der Waals surface area contributed by atoms with E-state index in [4.69, 9.17) is 5.73 Å². The van der Waals surface area contributed by atoms with Gasteiger partial charge in [-0.05, 0) is 12.5 Å². The molecule has 0 saturated carbocycles. The van der Waals surface area contributed by atoms with E-state index in [0.29, 0.717) is 6.54 Å². The van der Waals surface area contributed by atoms with Gasteiger partial charge in [-0.15, -0.1) is 0 Å². The monoisotopic (exact) mass is 235 g/mol. The molecule has 0 saturated heterocycles. The molecule has 0 bridgehead atoms. The van der Waals surface area contributed by atoms with Gasteiger partial charge >= 0.3 is 0 Å². The first-order valence-electron chi connectivity index (χ1n) is 5.41. The second-order valence-corrected chi connectivity index (χ2v) is 3.75. The van der Waals surface area contributed by atoms with Gasteiger partial charge in [-0.25, -0.2) is 0 Å². The Morgan fingerprint density at radius 1 is 1.24 bits per heavy atom. The summed E-state index contributed by atoms with van der Waals surface area (Å²) in [6.07, 6.45) is 0. The molecule has 1 aromatic carbocycles. The average molecular weight is 235 g/mol. The Morgan fingerprint density at radius 3 is 2.65 bits per heavy atom. The molecule has 1 aromatic rings. The SMILES string of the molecule is Cc1cccc(CNC(=O)CNC(=O)CN)c1. The largest absolute Gasteiger partial charge is 0.350 e. The summed E-state index contributed by atoms with van der Waals surface area (Å²) >= 11 is 0. The summed E-state index contributed by atoms with van der Waals surface area (Å²) in [7, 11) is 0. The van der Waals surface area contributed by atoms with Gasteiger partial charge in [-0.3, -0.25) is 9.59 Å². The fraction of sp³-hybridized carbons (Fsp3) is 0.333. The molecule has 0 aliphatic heterocycles. The number of rotatable bonds is 5. The van der Waals surface area contributed by atoms with Gasteiger partial charge in [-0.2, -0.15) is 0 Å². The lowest BCUT2D eigenvalue weighted by atomic mass is 10.1. The molecule has 5 heteroatoms. The molecular formula is C12H17N3O2. The third-order valence-electron chi connectivity index (χ3n) is 2.20. The van der Waals surface area contributed by atoms with Crippen LogP contribution in [0.25, 0.3) is 0 Å². The molecule has 0 unspecified atom stereocenters. The number of hydrogen-bond acceptors (Lipinski definition) is 3. The van der Waals surface area contributed by atoms with Crippen LogP contribution in [0.15, 0.2) is 24.3 Å². The Morgan fingerprint density at radius 2 is 2.00 bits per heavy atom. The van der Waals surface area contributed by atoms with Gasteiger partial charge in [0.05, 0.1) is 13.1 Å². The van der Waals surface area contributed by atoms with Crippen LogP contribution in [0, 0.1) is 6.92 Å². The Kier molecular flexibility index (Phi) is 5.16. The van der Waals surface area contributed by atoms with Crippen LogP contribution in [0.5, 0.6) is 0 Å². The molecule has 0 atom stereocenters. The molecule has 0 aliphatic rings. The van der Waals surface area contributed by atoms with Crippen molar-refractivity contribution in [2.24, 2.45) is 5.73 Å². The van der Waals surface area contributed by atoms with Gasteiger partial charge in [0.15, 0.2) is 0 Å². The van der Waals surface area contributed by atoms with E-state index < -0.39 is 0 Å². The number of carbonyl (C=O) groups excluding carboxylic acids is 2. The number of hydrogen-bond donors (Lipinski definition) is 3. The van der Waals surface area contributed by atoms with Gasteiger partial charge in [0, 0.05) is 6.54 Å². The van der Waals surface area contributed by atoms with Crippen molar-refractivity contribution in [2.45, 2.75) is 13.5 Å². The number of benzene rings is 1. The predicted molar refractivity (Wildman–Crippen MR) is 65.1 cm³/mol. The van der Waals surface area contributed by atoms with E-state index in [0.717, 1.165) is 11.1 Å². The third kappa shape index (κ3) is 5.12. The topological polar surface area (TPSA) is 84.2 Å². The lowest BCUT2D eigenvalue weighted by molar-refractivity contribution is -0.125. The molecule has 4 N–H and O–H groups in total. The van der Waals surface area contributed by atoms with Gasteiger partial charge in [0.2, 0.25) is 11.8 Å². The van der Waals surface area contributed by atoms with Crippen LogP contribution in [0.4, 0.5) is 0 Å². The predicted octanol–water partition coefficient (Wildman–Crippen LogP) is -0.314. The zero-order valence-electron chi connectivity index (χ0n) is 9.82. The summed E-state index contributed by atoms with van der Waals surface area (Å²) in [5.41, 5.74) is 7.27. The molecule has 17 heavy (non-hydrogen) atoms. The van der Waals surface area contributed by atoms with E-state index >= 15 is 0 Å². The highest BCUT2D eigenvalue weighted by molar-refractivity contribution is 5.85. The van der Waals surface area contributed by atoms with Crippen molar-refractivity contribution in [1.29, 1.82) is 0 Å². The highest BCUT2D eigenvalue weighted by Crippen LogP contribution is 2.02. The Bertz CT molecular complexity index is 404. The van der Waals surface area contributed by atoms with Gasteiger partial charge in [-0.1, -0.05) is 29.8 Å². The van der Waals surface area contributed by atoms with Crippen molar-refractivity contribution in [2.75, 3.05) is 13.1 Å². The fourth-order valence-corrected chi connectivity index (χ4v) is 1.34. The summed E-state index contributed by atoms with van der Waals surface area (Å²) in [6, 6.07) is 7.87. The molecule has 0 heterocycles. The maximum absolute atomic E-state index is 11.4. The van der Waals surface area contributed by atoms with E-state index in [9.17, 15) is 9.59 Å². The molecular weight excluding hydrogens is 218 g/mol. The lowest BCUT2D eigenvalue weighted by Crippen LogP contribution is -2.39. The van der Waals surface area contributed by atoms with Gasteiger partial charge in [0.25, 0.3) is 0 Å². The van der Waals surface area contributed by atoms with E-state index in [-0.39, 0.29) is 24.9 Å². The smallest absolute Gasteiger partial charge is 0.239 e. The van der Waals surface area contributed by atoms with Crippen molar-refractivity contribution in [1.82, 2.24) is 10.6 Å². The second kappa shape index (κ2) is 6.65. The number of amides is 2. The molecule has 0 spiro atoms. The molecule has 2 amide bonds. The molecule has 92 valence electrons. The van der Waals surface area contributed by atoms with Crippen LogP contribution in [0.2, 0.25) is 0 Å². The number of carbonyl (C=O) groups is 2. The normalized spacial score (nSPS) is 9.76. The van der Waals surface area contributed by atoms with Crippen LogP contribution in [0.1, 0.15) is 11.1 Å². The maximum Gasteiger partial charge on any atom is 0.239 e. The van der Waals surface area contributed by atoms with Crippen LogP contribution < -0.4 is 16.4 Å². The van der Waals surface area contributed by atoms with Crippen LogP contribution in [-0.2, 0) is 16.1 Å². The lowest BCUT2D eigenvalue weighted by Gasteiger charge is -2.06. The minimum atomic E-state index is -0.337. The number of aryl methyl sites for hydroxylation is 1. The molecule has 0 radical (unpaired) electrons. The zero-order chi connectivity index (χ0) is 12.7. The van der Waals surface area contributed by atoms with E-state index in [1.165, 1.54) is 0 Å². The van der Waals surface area contributed by atoms with Crippen LogP contribution in [0.3, 0.4) is 0 Å². The second-order valence-electron chi connectivity index (χ2n) is 3.75. The van der Waals surface area contributed by atoms with Gasteiger partial charge in [0.1, 0.15) is 0 Å². The molecule has 0 aromatic heterocycles. The van der Waals surface area contributed by atoms with Crippen LogP contribution >= 0.6 is 0 Å². The average Bonchev–Trinajstić information content (AvgIpc) is 2.33. The highest BCUT2D eigenvalue weighted by atomic mass is 16.2. The van der Waals surface area contributed by atoms with Crippen molar-refractivity contribution in [3.63, 3.8) is 0 Å².